The van der Waals surface area contributed by atoms with Gasteiger partial charge < -0.3 is 12.3 Å². The molecule has 0 amide bonds. The molecule has 0 aliphatic rings. The van der Waals surface area contributed by atoms with Gasteiger partial charge in [-0.25, -0.2) is 0 Å². The maximum absolute atomic E-state index is 12.2. The van der Waals surface area contributed by atoms with Gasteiger partial charge in [0.05, 0.1) is 19.6 Å². The van der Waals surface area contributed by atoms with Gasteiger partial charge in [0.25, 0.3) is 10.1 Å². The number of carbonyl (C=O) groups excluding carboxylic acids is 2. The van der Waals surface area contributed by atoms with E-state index in [4.69, 9.17) is 9.47 Å². The van der Waals surface area contributed by atoms with E-state index in [0.717, 1.165) is 38.5 Å². The predicted molar refractivity (Wildman–Crippen MR) is 148 cm³/mol. The molecule has 0 heterocycles. The summed E-state index contributed by atoms with van der Waals surface area (Å²) in [5, 5.41) is -1.93. The summed E-state index contributed by atoms with van der Waals surface area (Å²) in [6, 6.07) is 0. The van der Waals surface area contributed by atoms with Gasteiger partial charge in [0.15, 0.2) is 5.25 Å². The Hall–Kier alpha value is 2.12. The van der Waals surface area contributed by atoms with Crippen LogP contribution in [0.25, 0.3) is 0 Å². The van der Waals surface area contributed by atoms with Crippen molar-refractivity contribution in [2.45, 2.75) is 154 Å². The molecular weight excluding hydrogens is 559 g/mol. The largest absolute Gasteiger partial charge is 1.00 e. The Morgan fingerprint density at radius 2 is 0.921 bits per heavy atom. The number of esters is 2. The third-order valence-corrected chi connectivity index (χ3v) is 7.56. The molecule has 1 unspecified atom stereocenters. The molecule has 0 aromatic rings. The van der Waals surface area contributed by atoms with Gasteiger partial charge in [-0.1, -0.05) is 129 Å². The van der Waals surface area contributed by atoms with E-state index in [1.807, 2.05) is 0 Å². The van der Waals surface area contributed by atoms with E-state index in [2.05, 4.69) is 13.8 Å². The molecule has 0 aromatic carbocycles. The molecule has 0 fully saturated rings. The van der Waals surface area contributed by atoms with Crippen molar-refractivity contribution < 1.29 is 138 Å². The van der Waals surface area contributed by atoms with Crippen molar-refractivity contribution in [2.75, 3.05) is 13.2 Å². The van der Waals surface area contributed by atoms with Crippen LogP contribution in [0.5, 0.6) is 0 Å². The first-order chi connectivity index (χ1) is 17.3. The summed E-state index contributed by atoms with van der Waals surface area (Å²) in [6.45, 7) is 4.67. The zero-order valence-electron chi connectivity index (χ0n) is 27.1. The average molecular weight is 615 g/mol. The molecule has 0 spiro atoms. The summed E-state index contributed by atoms with van der Waals surface area (Å²) in [6.07, 6.45) is 22.1. The molecule has 1 N–H and O–H groups in total. The van der Waals surface area contributed by atoms with Gasteiger partial charge in [-0.15, -0.1) is 0 Å². The first-order valence-electron chi connectivity index (χ1n) is 14.6. The maximum Gasteiger partial charge on any atom is 1.00 e. The van der Waals surface area contributed by atoms with Gasteiger partial charge in [-0.2, -0.15) is 8.42 Å². The quantitative estimate of drug-likeness (QED) is 0.0685. The SMILES string of the molecule is CCCCCCCCCCCCOC(=O)CC(C(=O)OCCCCCCCCCCCC)S(=O)(=O)O.[H-].[H-].[K+].[K+]. The number of hydrogen-bond acceptors (Lipinski definition) is 6. The number of hydrogen-bond donors (Lipinski definition) is 1. The molecule has 0 rings (SSSR count). The minimum absolute atomic E-state index is 0. The molecule has 0 aromatic heterocycles. The number of rotatable bonds is 26. The molecule has 0 saturated carbocycles. The second kappa shape index (κ2) is 32.0. The monoisotopic (exact) mass is 614 g/mol. The second-order valence-electron chi connectivity index (χ2n) is 9.96. The molecule has 0 aliphatic carbocycles. The Balaban J connectivity index is -0.00000102. The summed E-state index contributed by atoms with van der Waals surface area (Å²) in [5.41, 5.74) is 0. The molecule has 10 heteroatoms. The molecular formula is C28H56K2O7S. The number of unbranched alkanes of at least 4 members (excludes halogenated alkanes) is 18. The normalized spacial score (nSPS) is 11.8. The Morgan fingerprint density at radius 3 is 1.26 bits per heavy atom. The van der Waals surface area contributed by atoms with Crippen LogP contribution in [0.3, 0.4) is 0 Å². The number of carbonyl (C=O) groups is 2. The first-order valence-corrected chi connectivity index (χ1v) is 16.1. The van der Waals surface area contributed by atoms with Crippen molar-refractivity contribution in [1.82, 2.24) is 0 Å². The minimum atomic E-state index is -4.75. The standard InChI is InChI=1S/C28H54O7S.2K.2H/c1-3-5-7-9-11-13-15-17-19-21-23-34-27(29)25-26(36(31,32)33)28(30)35-24-22-20-18-16-14-12-10-8-6-4-2;;;;/h26H,3-25H2,1-2H3,(H,31,32,33);;;;/q;2*+1;2*-1. The van der Waals surface area contributed by atoms with Crippen molar-refractivity contribution in [2.24, 2.45) is 0 Å². The fourth-order valence-corrected chi connectivity index (χ4v) is 4.81. The average Bonchev–Trinajstić information content (AvgIpc) is 2.83. The van der Waals surface area contributed by atoms with E-state index in [9.17, 15) is 22.6 Å². The van der Waals surface area contributed by atoms with Gasteiger partial charge in [0, 0.05) is 0 Å². The summed E-state index contributed by atoms with van der Waals surface area (Å²) in [5.74, 6) is -1.91. The van der Waals surface area contributed by atoms with Crippen LogP contribution in [0.4, 0.5) is 0 Å². The molecule has 38 heavy (non-hydrogen) atoms. The van der Waals surface area contributed by atoms with Crippen molar-refractivity contribution in [3.63, 3.8) is 0 Å². The van der Waals surface area contributed by atoms with Crippen molar-refractivity contribution in [3.8, 4) is 0 Å². The number of ether oxygens (including phenoxy) is 2. The van der Waals surface area contributed by atoms with Crippen LogP contribution >= 0.6 is 0 Å². The Labute approximate surface area is 322 Å². The van der Waals surface area contributed by atoms with Gasteiger partial charge in [-0.3, -0.25) is 14.1 Å². The van der Waals surface area contributed by atoms with Crippen LogP contribution < -0.4 is 103 Å². The molecule has 1 atom stereocenters. The smallest absolute Gasteiger partial charge is 1.00 e. The molecule has 0 aliphatic heterocycles. The predicted octanol–water partition coefficient (Wildman–Crippen LogP) is 1.79. The van der Waals surface area contributed by atoms with Gasteiger partial charge in [0.1, 0.15) is 0 Å². The first kappa shape index (κ1) is 44.6. The summed E-state index contributed by atoms with van der Waals surface area (Å²) in [4.78, 5) is 24.2. The van der Waals surface area contributed by atoms with Crippen LogP contribution in [0.1, 0.15) is 152 Å². The molecule has 0 bridgehead atoms. The van der Waals surface area contributed by atoms with Crippen LogP contribution in [0, 0.1) is 0 Å². The maximum atomic E-state index is 12.2. The second-order valence-corrected chi connectivity index (χ2v) is 11.6. The molecule has 0 radical (unpaired) electrons. The summed E-state index contributed by atoms with van der Waals surface area (Å²) < 4.78 is 42.7. The van der Waals surface area contributed by atoms with Crippen molar-refractivity contribution >= 4 is 22.1 Å². The fourth-order valence-electron chi connectivity index (χ4n) is 4.15. The van der Waals surface area contributed by atoms with E-state index >= 15 is 0 Å². The Bertz CT molecular complexity index is 657. The Kier molecular flexibility index (Phi) is 37.6. The summed E-state index contributed by atoms with van der Waals surface area (Å²) in [7, 11) is -4.75. The minimum Gasteiger partial charge on any atom is -1.00 e. The molecule has 0 saturated heterocycles. The van der Waals surface area contributed by atoms with Gasteiger partial charge >= 0.3 is 115 Å². The fraction of sp³-hybridized carbons (Fsp3) is 0.929. The molecule has 7 nitrogen and oxygen atoms in total. The van der Waals surface area contributed by atoms with Crippen LogP contribution in [0.15, 0.2) is 0 Å². The third kappa shape index (κ3) is 29.6. The van der Waals surface area contributed by atoms with Gasteiger partial charge in [-0.05, 0) is 12.8 Å². The zero-order chi connectivity index (χ0) is 26.9. The topological polar surface area (TPSA) is 107 Å². The third-order valence-electron chi connectivity index (χ3n) is 6.48. The van der Waals surface area contributed by atoms with Crippen molar-refractivity contribution in [3.05, 3.63) is 0 Å². The van der Waals surface area contributed by atoms with Crippen LogP contribution in [-0.2, 0) is 29.2 Å². The van der Waals surface area contributed by atoms with E-state index in [0.29, 0.717) is 12.8 Å². The van der Waals surface area contributed by atoms with Crippen LogP contribution in [-0.4, -0.2) is 43.4 Å². The van der Waals surface area contributed by atoms with Crippen LogP contribution in [0.2, 0.25) is 0 Å². The summed E-state index contributed by atoms with van der Waals surface area (Å²) >= 11 is 0. The zero-order valence-corrected chi connectivity index (χ0v) is 32.2. The Morgan fingerprint density at radius 1 is 0.605 bits per heavy atom. The van der Waals surface area contributed by atoms with E-state index in [1.54, 1.807) is 0 Å². The van der Waals surface area contributed by atoms with Crippen molar-refractivity contribution in [1.29, 1.82) is 0 Å². The van der Waals surface area contributed by atoms with Gasteiger partial charge in [0.2, 0.25) is 0 Å². The van der Waals surface area contributed by atoms with E-state index in [-0.39, 0.29) is 119 Å². The van der Waals surface area contributed by atoms with E-state index in [1.165, 1.54) is 77.0 Å². The molecule has 218 valence electrons. The van der Waals surface area contributed by atoms with E-state index < -0.39 is 33.7 Å².